The molecule has 3 aliphatic rings. The van der Waals surface area contributed by atoms with E-state index in [1.807, 2.05) is 35.4 Å². The molecular weight excluding hydrogens is 400 g/mol. The zero-order valence-electron chi connectivity index (χ0n) is 18.1. The average molecular weight is 427 g/mol. The summed E-state index contributed by atoms with van der Waals surface area (Å²) < 4.78 is 0. The first-order valence-corrected chi connectivity index (χ1v) is 10.9. The first-order valence-electron chi connectivity index (χ1n) is 10.9. The van der Waals surface area contributed by atoms with Crippen LogP contribution in [-0.2, 0) is 6.54 Å². The van der Waals surface area contributed by atoms with E-state index in [2.05, 4.69) is 46.2 Å². The summed E-state index contributed by atoms with van der Waals surface area (Å²) in [7, 11) is 1.90. The quantitative estimate of drug-likeness (QED) is 0.805. The molecule has 0 unspecified atom stereocenters. The third-order valence-corrected chi connectivity index (χ3v) is 6.21. The molecule has 4 heterocycles. The Morgan fingerprint density at radius 3 is 2.53 bits per heavy atom. The molecular formula is C25H26N6O. The molecule has 1 fully saturated rings. The van der Waals surface area contributed by atoms with Gasteiger partial charge >= 0.3 is 0 Å². The van der Waals surface area contributed by atoms with Gasteiger partial charge in [0.2, 0.25) is 0 Å². The Kier molecular flexibility index (Phi) is 5.39. The van der Waals surface area contributed by atoms with Gasteiger partial charge in [-0.05, 0) is 23.8 Å². The summed E-state index contributed by atoms with van der Waals surface area (Å²) in [5, 5.41) is 23.6. The number of aromatic nitrogens is 1. The molecule has 0 spiro atoms. The molecule has 0 amide bonds. The summed E-state index contributed by atoms with van der Waals surface area (Å²) in [6, 6.07) is 17.0. The molecule has 7 heteroatoms. The highest BCUT2D eigenvalue weighted by Crippen LogP contribution is 2.37. The van der Waals surface area contributed by atoms with E-state index in [-0.39, 0.29) is 5.76 Å². The van der Waals surface area contributed by atoms with Gasteiger partial charge in [-0.1, -0.05) is 30.3 Å². The highest BCUT2D eigenvalue weighted by molar-refractivity contribution is 5.83. The van der Waals surface area contributed by atoms with Gasteiger partial charge in [0, 0.05) is 57.1 Å². The van der Waals surface area contributed by atoms with Gasteiger partial charge in [0.25, 0.3) is 0 Å². The number of anilines is 1. The number of allylic oxidation sites excluding steroid dienone is 2. The summed E-state index contributed by atoms with van der Waals surface area (Å²) >= 11 is 0. The number of nitriles is 1. The Hall–Kier alpha value is -3.60. The van der Waals surface area contributed by atoms with E-state index in [1.54, 1.807) is 12.3 Å². The molecule has 162 valence electrons. The van der Waals surface area contributed by atoms with Crippen molar-refractivity contribution in [3.63, 3.8) is 0 Å². The standard InChI is InChI=1S/C25H26N6O/c1-28-17-21(14-26)25-23(13-22(32)18-31(25)28)20-7-8-24(27-15-20)30-11-9-29(10-12-30)16-19-5-3-2-4-6-19/h2-8,13,15,18,32H,9-12,16-17H2,1H3. The summed E-state index contributed by atoms with van der Waals surface area (Å²) in [4.78, 5) is 9.51. The predicted molar refractivity (Wildman–Crippen MR) is 124 cm³/mol. The van der Waals surface area contributed by atoms with Crippen LogP contribution in [0.3, 0.4) is 0 Å². The molecule has 0 bridgehead atoms. The topological polar surface area (TPSA) is 69.9 Å². The SMILES string of the molecule is CN1CC(C#N)=C2C(c3ccc(N4CCN(Cc5ccccc5)CC4)nc3)=CC(O)=CN21. The van der Waals surface area contributed by atoms with Crippen LogP contribution in [0.4, 0.5) is 5.82 Å². The van der Waals surface area contributed by atoms with Crippen molar-refractivity contribution in [2.45, 2.75) is 6.54 Å². The van der Waals surface area contributed by atoms with Crippen LogP contribution in [0.2, 0.25) is 0 Å². The number of rotatable bonds is 4. The van der Waals surface area contributed by atoms with Crippen LogP contribution >= 0.6 is 0 Å². The molecule has 1 saturated heterocycles. The van der Waals surface area contributed by atoms with Crippen molar-refractivity contribution in [2.24, 2.45) is 0 Å². The second-order valence-electron chi connectivity index (χ2n) is 8.37. The van der Waals surface area contributed by atoms with E-state index in [9.17, 15) is 10.4 Å². The van der Waals surface area contributed by atoms with E-state index in [1.165, 1.54) is 5.56 Å². The van der Waals surface area contributed by atoms with Crippen LogP contribution in [0.1, 0.15) is 11.1 Å². The Bertz CT molecular complexity index is 1120. The fourth-order valence-corrected chi connectivity index (χ4v) is 4.53. The van der Waals surface area contributed by atoms with Crippen molar-refractivity contribution in [1.82, 2.24) is 19.9 Å². The molecule has 0 atom stereocenters. The number of aliphatic hydroxyl groups is 1. The van der Waals surface area contributed by atoms with E-state index in [0.29, 0.717) is 12.1 Å². The molecule has 5 rings (SSSR count). The predicted octanol–water partition coefficient (Wildman–Crippen LogP) is 3.14. The van der Waals surface area contributed by atoms with Gasteiger partial charge in [-0.2, -0.15) is 5.26 Å². The number of aliphatic hydroxyl groups excluding tert-OH is 1. The van der Waals surface area contributed by atoms with Crippen molar-refractivity contribution in [2.75, 3.05) is 44.7 Å². The van der Waals surface area contributed by atoms with Gasteiger partial charge < -0.3 is 10.0 Å². The van der Waals surface area contributed by atoms with Crippen LogP contribution in [0, 0.1) is 11.3 Å². The summed E-state index contributed by atoms with van der Waals surface area (Å²) in [6.07, 6.45) is 5.19. The van der Waals surface area contributed by atoms with Gasteiger partial charge in [-0.3, -0.25) is 9.91 Å². The number of hydrogen-bond acceptors (Lipinski definition) is 7. The van der Waals surface area contributed by atoms with Crippen molar-refractivity contribution >= 4 is 11.4 Å². The van der Waals surface area contributed by atoms with Crippen LogP contribution in [0.25, 0.3) is 5.57 Å². The van der Waals surface area contributed by atoms with Crippen LogP contribution in [0.5, 0.6) is 0 Å². The molecule has 0 aliphatic carbocycles. The maximum absolute atomic E-state index is 10.2. The van der Waals surface area contributed by atoms with Crippen molar-refractivity contribution in [3.8, 4) is 6.07 Å². The molecule has 32 heavy (non-hydrogen) atoms. The fraction of sp³-hybridized carbons (Fsp3) is 0.280. The lowest BCUT2D eigenvalue weighted by molar-refractivity contribution is 0.127. The fourth-order valence-electron chi connectivity index (χ4n) is 4.53. The summed E-state index contributed by atoms with van der Waals surface area (Å²) in [5.41, 5.74) is 4.55. The molecule has 1 aromatic carbocycles. The van der Waals surface area contributed by atoms with Crippen LogP contribution < -0.4 is 4.90 Å². The van der Waals surface area contributed by atoms with Crippen LogP contribution in [0.15, 0.2) is 78.0 Å². The molecule has 1 N–H and O–H groups in total. The number of piperazine rings is 1. The van der Waals surface area contributed by atoms with Crippen molar-refractivity contribution in [3.05, 3.63) is 89.1 Å². The maximum atomic E-state index is 10.2. The van der Waals surface area contributed by atoms with Gasteiger partial charge in [0.1, 0.15) is 11.6 Å². The second-order valence-corrected chi connectivity index (χ2v) is 8.37. The number of likely N-dealkylation sites (N-methyl/N-ethyl adjacent to an activating group) is 1. The molecule has 1 aromatic heterocycles. The molecule has 2 aromatic rings. The lowest BCUT2D eigenvalue weighted by atomic mass is 9.98. The zero-order chi connectivity index (χ0) is 22.1. The number of fused-ring (bicyclic) bond motifs is 1. The third kappa shape index (κ3) is 3.86. The molecule has 7 nitrogen and oxygen atoms in total. The molecule has 0 saturated carbocycles. The normalized spacial score (nSPS) is 19.5. The number of pyridine rings is 1. The van der Waals surface area contributed by atoms with Crippen LogP contribution in [-0.4, -0.2) is 64.8 Å². The monoisotopic (exact) mass is 426 g/mol. The largest absolute Gasteiger partial charge is 0.506 e. The number of hydrazine groups is 1. The third-order valence-electron chi connectivity index (χ3n) is 6.21. The van der Waals surface area contributed by atoms with Gasteiger partial charge in [-0.15, -0.1) is 0 Å². The second kappa shape index (κ2) is 8.50. The van der Waals surface area contributed by atoms with E-state index in [4.69, 9.17) is 4.98 Å². The summed E-state index contributed by atoms with van der Waals surface area (Å²) in [6.45, 7) is 5.38. The lowest BCUT2D eigenvalue weighted by Gasteiger charge is -2.35. The van der Waals surface area contributed by atoms with Crippen molar-refractivity contribution in [1.29, 1.82) is 5.26 Å². The molecule has 0 radical (unpaired) electrons. The Morgan fingerprint density at radius 2 is 1.84 bits per heavy atom. The zero-order valence-corrected chi connectivity index (χ0v) is 18.1. The maximum Gasteiger partial charge on any atom is 0.134 e. The minimum Gasteiger partial charge on any atom is -0.506 e. The van der Waals surface area contributed by atoms with Gasteiger partial charge in [0.05, 0.1) is 30.1 Å². The lowest BCUT2D eigenvalue weighted by Crippen LogP contribution is -2.46. The number of nitrogens with zero attached hydrogens (tertiary/aromatic N) is 6. The van der Waals surface area contributed by atoms with E-state index < -0.39 is 0 Å². The minimum absolute atomic E-state index is 0.161. The Labute approximate surface area is 188 Å². The van der Waals surface area contributed by atoms with Gasteiger partial charge in [-0.25, -0.2) is 9.99 Å². The smallest absolute Gasteiger partial charge is 0.134 e. The highest BCUT2D eigenvalue weighted by atomic mass is 16.3. The number of benzene rings is 1. The molecule has 3 aliphatic heterocycles. The van der Waals surface area contributed by atoms with E-state index in [0.717, 1.165) is 55.4 Å². The number of hydrogen-bond donors (Lipinski definition) is 1. The average Bonchev–Trinajstić information content (AvgIpc) is 3.15. The summed E-state index contributed by atoms with van der Waals surface area (Å²) in [5.74, 6) is 1.12. The van der Waals surface area contributed by atoms with Crippen molar-refractivity contribution < 1.29 is 5.11 Å². The first-order chi connectivity index (χ1) is 15.6. The Balaban J connectivity index is 1.29. The first kappa shape index (κ1) is 20.3. The van der Waals surface area contributed by atoms with E-state index >= 15 is 0 Å². The minimum atomic E-state index is 0.161. The van der Waals surface area contributed by atoms with Gasteiger partial charge in [0.15, 0.2) is 0 Å². The highest BCUT2D eigenvalue weighted by Gasteiger charge is 2.32. The Morgan fingerprint density at radius 1 is 1.06 bits per heavy atom.